The average molecular weight is 355 g/mol. The van der Waals surface area contributed by atoms with Gasteiger partial charge in [0.1, 0.15) is 17.1 Å². The first-order valence-corrected chi connectivity index (χ1v) is 7.67. The van der Waals surface area contributed by atoms with Gasteiger partial charge in [0, 0.05) is 11.6 Å². The highest BCUT2D eigenvalue weighted by molar-refractivity contribution is 7.80. The summed E-state index contributed by atoms with van der Waals surface area (Å²) in [5.41, 5.74) is 0.831. The van der Waals surface area contributed by atoms with Gasteiger partial charge >= 0.3 is 0 Å². The molecule has 0 spiro atoms. The number of thiocarbonyl (C=S) groups is 1. The largest absolute Gasteiger partial charge is 0.496 e. The number of methoxy groups -OCH3 is 1. The minimum absolute atomic E-state index is 0.0837. The molecular formula is C17H13N3O4S. The number of amides is 1. The lowest BCUT2D eigenvalue weighted by Gasteiger charge is -2.13. The van der Waals surface area contributed by atoms with Crippen LogP contribution in [-0.2, 0) is 4.79 Å². The Morgan fingerprint density at radius 1 is 1.20 bits per heavy atom. The molecule has 1 fully saturated rings. The Morgan fingerprint density at radius 2 is 1.88 bits per heavy atom. The summed E-state index contributed by atoms with van der Waals surface area (Å²) in [6.07, 6.45) is 1.60. The maximum absolute atomic E-state index is 12.7. The number of benzene rings is 2. The molecule has 0 aromatic heterocycles. The Labute approximate surface area is 148 Å². The van der Waals surface area contributed by atoms with Gasteiger partial charge in [-0.1, -0.05) is 30.3 Å². The van der Waals surface area contributed by atoms with Gasteiger partial charge in [0.05, 0.1) is 12.0 Å². The molecule has 8 heteroatoms. The van der Waals surface area contributed by atoms with Crippen LogP contribution in [0.2, 0.25) is 0 Å². The number of carbonyl (C=O) groups excluding carboxylic acids is 1. The Balaban J connectivity index is 2.02. The Morgan fingerprint density at radius 3 is 2.60 bits per heavy atom. The molecule has 2 aromatic rings. The molecule has 3 rings (SSSR count). The molecule has 1 heterocycles. The summed E-state index contributed by atoms with van der Waals surface area (Å²) in [6.45, 7) is 0. The number of nitrogens with zero attached hydrogens (tertiary/aromatic N) is 2. The smallest absolute Gasteiger partial charge is 0.293 e. The number of nitro benzene ring substituents is 1. The first-order valence-electron chi connectivity index (χ1n) is 7.26. The van der Waals surface area contributed by atoms with Crippen LogP contribution in [0.3, 0.4) is 0 Å². The molecule has 2 aromatic carbocycles. The van der Waals surface area contributed by atoms with E-state index in [-0.39, 0.29) is 22.2 Å². The molecule has 126 valence electrons. The Bertz CT molecular complexity index is 910. The fourth-order valence-corrected chi connectivity index (χ4v) is 2.79. The Kier molecular flexibility index (Phi) is 4.44. The maximum atomic E-state index is 12.7. The summed E-state index contributed by atoms with van der Waals surface area (Å²) in [5, 5.41) is 14.1. The number of para-hydroxylation sites is 3. The van der Waals surface area contributed by atoms with E-state index in [9.17, 15) is 14.9 Å². The van der Waals surface area contributed by atoms with Gasteiger partial charge in [-0.2, -0.15) is 0 Å². The SMILES string of the molecule is COc1ccccc1/C=C1\NC(=S)N(c2ccccc2[N+](=O)[O-])C1=O. The van der Waals surface area contributed by atoms with Crippen molar-refractivity contribution < 1.29 is 14.5 Å². The molecule has 1 N–H and O–H groups in total. The van der Waals surface area contributed by atoms with Gasteiger partial charge in [-0.05, 0) is 30.4 Å². The first kappa shape index (κ1) is 16.6. The van der Waals surface area contributed by atoms with Crippen molar-refractivity contribution in [2.75, 3.05) is 12.0 Å². The molecule has 25 heavy (non-hydrogen) atoms. The zero-order valence-electron chi connectivity index (χ0n) is 13.1. The van der Waals surface area contributed by atoms with Gasteiger partial charge in [-0.25, -0.2) is 4.90 Å². The third-order valence-corrected chi connectivity index (χ3v) is 3.92. The fraction of sp³-hybridized carbons (Fsp3) is 0.0588. The summed E-state index contributed by atoms with van der Waals surface area (Å²) >= 11 is 5.20. The third-order valence-electron chi connectivity index (χ3n) is 3.64. The summed E-state index contributed by atoms with van der Waals surface area (Å²) < 4.78 is 5.26. The van der Waals surface area contributed by atoms with Crippen LogP contribution in [0.25, 0.3) is 6.08 Å². The predicted molar refractivity (Wildman–Crippen MR) is 97.3 cm³/mol. The van der Waals surface area contributed by atoms with E-state index < -0.39 is 10.8 Å². The van der Waals surface area contributed by atoms with Crippen LogP contribution in [-0.4, -0.2) is 23.1 Å². The summed E-state index contributed by atoms with van der Waals surface area (Å²) in [5.74, 6) is 0.130. The number of nitrogens with one attached hydrogen (secondary N) is 1. The van der Waals surface area contributed by atoms with Crippen LogP contribution in [0.15, 0.2) is 54.2 Å². The van der Waals surface area contributed by atoms with Gasteiger partial charge in [-0.3, -0.25) is 14.9 Å². The lowest BCUT2D eigenvalue weighted by molar-refractivity contribution is -0.384. The number of anilines is 1. The number of carbonyl (C=O) groups is 1. The molecule has 7 nitrogen and oxygen atoms in total. The van der Waals surface area contributed by atoms with Gasteiger partial charge in [0.15, 0.2) is 5.11 Å². The lowest BCUT2D eigenvalue weighted by atomic mass is 10.1. The van der Waals surface area contributed by atoms with E-state index in [0.717, 1.165) is 4.90 Å². The average Bonchev–Trinajstić information content (AvgIpc) is 2.89. The number of hydrogen-bond acceptors (Lipinski definition) is 5. The minimum Gasteiger partial charge on any atom is -0.496 e. The molecule has 1 aliphatic heterocycles. The number of rotatable bonds is 4. The van der Waals surface area contributed by atoms with Crippen molar-refractivity contribution in [3.8, 4) is 5.75 Å². The van der Waals surface area contributed by atoms with Gasteiger partial charge in [-0.15, -0.1) is 0 Å². The molecule has 0 saturated carbocycles. The number of ether oxygens (including phenoxy) is 1. The zero-order valence-corrected chi connectivity index (χ0v) is 13.9. The standard InChI is InChI=1S/C17H13N3O4S/c1-24-15-9-5-2-6-11(15)10-12-16(21)19(17(25)18-12)13-7-3-4-8-14(13)20(22)23/h2-10H,1H3,(H,18,25)/b12-10-. The quantitative estimate of drug-likeness (QED) is 0.393. The second-order valence-corrected chi connectivity index (χ2v) is 5.50. The van der Waals surface area contributed by atoms with Crippen molar-refractivity contribution in [2.45, 2.75) is 0 Å². The van der Waals surface area contributed by atoms with Gasteiger partial charge in [0.25, 0.3) is 11.6 Å². The highest BCUT2D eigenvalue weighted by Crippen LogP contribution is 2.31. The van der Waals surface area contributed by atoms with E-state index in [4.69, 9.17) is 17.0 Å². The number of hydrogen-bond donors (Lipinski definition) is 1. The van der Waals surface area contributed by atoms with Gasteiger partial charge < -0.3 is 10.1 Å². The molecule has 0 radical (unpaired) electrons. The molecule has 0 unspecified atom stereocenters. The van der Waals surface area contributed by atoms with E-state index in [2.05, 4.69) is 5.32 Å². The van der Waals surface area contributed by atoms with Crippen molar-refractivity contribution in [1.29, 1.82) is 0 Å². The Hall–Kier alpha value is -3.26. The monoisotopic (exact) mass is 355 g/mol. The van der Waals surface area contributed by atoms with Crippen molar-refractivity contribution >= 4 is 40.7 Å². The van der Waals surface area contributed by atoms with Crippen LogP contribution >= 0.6 is 12.2 Å². The summed E-state index contributed by atoms with van der Waals surface area (Å²) in [7, 11) is 1.53. The highest BCUT2D eigenvalue weighted by atomic mass is 32.1. The van der Waals surface area contributed by atoms with Crippen LogP contribution in [0, 0.1) is 10.1 Å². The van der Waals surface area contributed by atoms with Gasteiger partial charge in [0.2, 0.25) is 0 Å². The fourth-order valence-electron chi connectivity index (χ4n) is 2.50. The topological polar surface area (TPSA) is 84.7 Å². The highest BCUT2D eigenvalue weighted by Gasteiger charge is 2.35. The third kappa shape index (κ3) is 3.07. The second kappa shape index (κ2) is 6.70. The summed E-state index contributed by atoms with van der Waals surface area (Å²) in [6, 6.07) is 13.1. The first-order chi connectivity index (χ1) is 12.0. The van der Waals surface area contributed by atoms with E-state index in [1.54, 1.807) is 24.3 Å². The van der Waals surface area contributed by atoms with E-state index >= 15 is 0 Å². The van der Waals surface area contributed by atoms with Crippen LogP contribution in [0.5, 0.6) is 5.75 Å². The maximum Gasteiger partial charge on any atom is 0.293 e. The molecular weight excluding hydrogens is 342 g/mol. The van der Waals surface area contributed by atoms with E-state index in [1.165, 1.54) is 25.3 Å². The zero-order chi connectivity index (χ0) is 18.0. The predicted octanol–water partition coefficient (Wildman–Crippen LogP) is 2.87. The van der Waals surface area contributed by atoms with Crippen molar-refractivity contribution in [1.82, 2.24) is 5.32 Å². The normalized spacial score (nSPS) is 15.4. The lowest BCUT2D eigenvalue weighted by Crippen LogP contribution is -2.30. The molecule has 1 aliphatic rings. The van der Waals surface area contributed by atoms with Crippen LogP contribution in [0.1, 0.15) is 5.56 Å². The molecule has 1 amide bonds. The second-order valence-electron chi connectivity index (χ2n) is 5.12. The van der Waals surface area contributed by atoms with Crippen molar-refractivity contribution in [3.63, 3.8) is 0 Å². The van der Waals surface area contributed by atoms with Crippen LogP contribution in [0.4, 0.5) is 11.4 Å². The molecule has 0 aliphatic carbocycles. The van der Waals surface area contributed by atoms with Crippen LogP contribution < -0.4 is 15.0 Å². The minimum atomic E-state index is -0.548. The molecule has 0 atom stereocenters. The number of nitro groups is 1. The van der Waals surface area contributed by atoms with E-state index in [1.807, 2.05) is 12.1 Å². The van der Waals surface area contributed by atoms with Crippen molar-refractivity contribution in [3.05, 3.63) is 69.9 Å². The summed E-state index contributed by atoms with van der Waals surface area (Å²) in [4.78, 5) is 24.5. The van der Waals surface area contributed by atoms with E-state index in [0.29, 0.717) is 11.3 Å². The molecule has 0 bridgehead atoms. The van der Waals surface area contributed by atoms with Crippen molar-refractivity contribution in [2.24, 2.45) is 0 Å². The molecule has 1 saturated heterocycles.